The number of para-hydroxylation sites is 1. The summed E-state index contributed by atoms with van der Waals surface area (Å²) >= 11 is 1.79. The fraction of sp³-hybridized carbons (Fsp3) is 0.417. The van der Waals surface area contributed by atoms with Gasteiger partial charge in [-0.1, -0.05) is 36.4 Å². The van der Waals surface area contributed by atoms with Crippen LogP contribution in [0.3, 0.4) is 0 Å². The molecule has 2 saturated heterocycles. The number of thiazole rings is 1. The number of benzene rings is 2. The van der Waals surface area contributed by atoms with Crippen molar-refractivity contribution in [2.45, 2.75) is 63.7 Å². The zero-order chi connectivity index (χ0) is 19.8. The average Bonchev–Trinajstić information content (AvgIpc) is 3.20. The second-order valence-corrected chi connectivity index (χ2v) is 9.61. The molecule has 150 valence electrons. The number of aromatic nitrogens is 1. The van der Waals surface area contributed by atoms with Crippen molar-refractivity contribution in [1.29, 1.82) is 0 Å². The number of hydrogen-bond donors (Lipinski definition) is 1. The van der Waals surface area contributed by atoms with E-state index >= 15 is 0 Å². The van der Waals surface area contributed by atoms with Gasteiger partial charge in [-0.3, -0.25) is 9.69 Å². The lowest BCUT2D eigenvalue weighted by Gasteiger charge is -2.39. The van der Waals surface area contributed by atoms with E-state index in [9.17, 15) is 4.79 Å². The number of amides is 1. The van der Waals surface area contributed by atoms with Crippen LogP contribution in [0.4, 0.5) is 0 Å². The van der Waals surface area contributed by atoms with E-state index in [1.54, 1.807) is 18.3 Å². The van der Waals surface area contributed by atoms with Crippen molar-refractivity contribution in [3.05, 3.63) is 64.7 Å². The van der Waals surface area contributed by atoms with E-state index in [0.717, 1.165) is 31.3 Å². The Hall–Kier alpha value is -2.24. The molecule has 2 bridgehead atoms. The van der Waals surface area contributed by atoms with E-state index in [2.05, 4.69) is 52.7 Å². The minimum atomic E-state index is 0.103. The van der Waals surface area contributed by atoms with E-state index < -0.39 is 0 Å². The molecular formula is C24H27N3OS. The smallest absolute Gasteiger partial charge is 0.217 e. The lowest BCUT2D eigenvalue weighted by molar-refractivity contribution is -0.120. The van der Waals surface area contributed by atoms with Crippen molar-refractivity contribution in [1.82, 2.24) is 15.2 Å². The van der Waals surface area contributed by atoms with Gasteiger partial charge in [-0.05, 0) is 48.9 Å². The monoisotopic (exact) mass is 405 g/mol. The molecule has 2 aliphatic rings. The van der Waals surface area contributed by atoms with Gasteiger partial charge in [0.2, 0.25) is 5.91 Å². The summed E-state index contributed by atoms with van der Waals surface area (Å²) in [5.74, 6) is 0.103. The first-order chi connectivity index (χ1) is 14.1. The Morgan fingerprint density at radius 2 is 1.76 bits per heavy atom. The molecule has 3 heterocycles. The molecule has 0 radical (unpaired) electrons. The molecule has 2 unspecified atom stereocenters. The predicted molar refractivity (Wildman–Crippen MR) is 118 cm³/mol. The van der Waals surface area contributed by atoms with Gasteiger partial charge in [0, 0.05) is 38.0 Å². The first-order valence-electron chi connectivity index (χ1n) is 10.6. The number of carbonyl (C=O) groups excluding carboxylic acids is 1. The standard InChI is InChI=1S/C24H27N3OS/c1-16(28)25-19-13-20-10-11-21(14-19)27(20)15-18-8-6-17(7-9-18)12-24-26-22-4-2-3-5-23(22)29-24/h2-9,19-21H,10-15H2,1H3,(H,25,28)/t19?,20-,21?/m1/s1. The van der Waals surface area contributed by atoms with Crippen molar-refractivity contribution in [3.8, 4) is 0 Å². The minimum Gasteiger partial charge on any atom is -0.353 e. The van der Waals surface area contributed by atoms with Crippen LogP contribution in [0.2, 0.25) is 0 Å². The highest BCUT2D eigenvalue weighted by atomic mass is 32.1. The van der Waals surface area contributed by atoms with Crippen molar-refractivity contribution in [2.75, 3.05) is 0 Å². The molecule has 29 heavy (non-hydrogen) atoms. The summed E-state index contributed by atoms with van der Waals surface area (Å²) in [4.78, 5) is 18.8. The van der Waals surface area contributed by atoms with Crippen LogP contribution in [0, 0.1) is 0 Å². The number of hydrogen-bond acceptors (Lipinski definition) is 4. The topological polar surface area (TPSA) is 45.2 Å². The molecule has 3 aromatic rings. The average molecular weight is 406 g/mol. The van der Waals surface area contributed by atoms with Gasteiger partial charge in [0.1, 0.15) is 0 Å². The van der Waals surface area contributed by atoms with E-state index in [0.29, 0.717) is 18.1 Å². The van der Waals surface area contributed by atoms with Crippen LogP contribution in [0.15, 0.2) is 48.5 Å². The predicted octanol–water partition coefficient (Wildman–Crippen LogP) is 4.52. The fourth-order valence-electron chi connectivity index (χ4n) is 5.08. The third kappa shape index (κ3) is 4.07. The third-order valence-corrected chi connectivity index (χ3v) is 7.41. The summed E-state index contributed by atoms with van der Waals surface area (Å²) in [6.07, 6.45) is 5.59. The Morgan fingerprint density at radius 1 is 1.07 bits per heavy atom. The summed E-state index contributed by atoms with van der Waals surface area (Å²) in [7, 11) is 0. The molecule has 1 aromatic heterocycles. The maximum Gasteiger partial charge on any atom is 0.217 e. The van der Waals surface area contributed by atoms with Crippen LogP contribution in [-0.4, -0.2) is 33.9 Å². The first kappa shape index (κ1) is 18.8. The van der Waals surface area contributed by atoms with Crippen LogP contribution in [-0.2, 0) is 17.8 Å². The molecule has 2 fully saturated rings. The summed E-state index contributed by atoms with van der Waals surface area (Å²) in [6.45, 7) is 2.65. The molecule has 2 aromatic carbocycles. The number of nitrogens with one attached hydrogen (secondary N) is 1. The number of carbonyl (C=O) groups is 1. The van der Waals surface area contributed by atoms with Crippen LogP contribution in [0.25, 0.3) is 10.2 Å². The molecule has 0 saturated carbocycles. The number of nitrogens with zero attached hydrogens (tertiary/aromatic N) is 2. The van der Waals surface area contributed by atoms with Gasteiger partial charge < -0.3 is 5.32 Å². The van der Waals surface area contributed by atoms with Crippen molar-refractivity contribution >= 4 is 27.5 Å². The third-order valence-electron chi connectivity index (χ3n) is 6.37. The molecule has 0 spiro atoms. The Labute approximate surface area is 176 Å². The normalized spacial score (nSPS) is 24.1. The van der Waals surface area contributed by atoms with E-state index in [1.807, 2.05) is 6.07 Å². The lowest BCUT2D eigenvalue weighted by Crippen LogP contribution is -2.49. The fourth-order valence-corrected chi connectivity index (χ4v) is 6.08. The van der Waals surface area contributed by atoms with Crippen LogP contribution in [0.1, 0.15) is 48.7 Å². The number of piperidine rings is 1. The molecule has 5 rings (SSSR count). The minimum absolute atomic E-state index is 0.103. The lowest BCUT2D eigenvalue weighted by atomic mass is 9.96. The van der Waals surface area contributed by atoms with E-state index in [-0.39, 0.29) is 5.91 Å². The highest BCUT2D eigenvalue weighted by Crippen LogP contribution is 2.37. The Morgan fingerprint density at radius 3 is 2.45 bits per heavy atom. The van der Waals surface area contributed by atoms with Gasteiger partial charge in [-0.15, -0.1) is 11.3 Å². The van der Waals surface area contributed by atoms with Gasteiger partial charge >= 0.3 is 0 Å². The quantitative estimate of drug-likeness (QED) is 0.679. The van der Waals surface area contributed by atoms with Crippen LogP contribution < -0.4 is 5.32 Å². The second-order valence-electron chi connectivity index (χ2n) is 8.49. The van der Waals surface area contributed by atoms with Crippen LogP contribution >= 0.6 is 11.3 Å². The SMILES string of the molecule is CC(=O)NC1CC2CC[C@H](C1)N2Cc1ccc(Cc2nc3ccccc3s2)cc1. The second kappa shape index (κ2) is 7.88. The summed E-state index contributed by atoms with van der Waals surface area (Å²) in [5, 5.41) is 4.31. The number of fused-ring (bicyclic) bond motifs is 3. The molecule has 5 heteroatoms. The molecule has 1 N–H and O–H groups in total. The summed E-state index contributed by atoms with van der Waals surface area (Å²) in [5.41, 5.74) is 3.80. The first-order valence-corrected chi connectivity index (χ1v) is 11.4. The summed E-state index contributed by atoms with van der Waals surface area (Å²) < 4.78 is 1.26. The van der Waals surface area contributed by atoms with E-state index in [1.165, 1.54) is 33.7 Å². The maximum atomic E-state index is 11.4. The van der Waals surface area contributed by atoms with Crippen molar-refractivity contribution in [3.63, 3.8) is 0 Å². The highest BCUT2D eigenvalue weighted by Gasteiger charge is 2.40. The van der Waals surface area contributed by atoms with Crippen molar-refractivity contribution in [2.24, 2.45) is 0 Å². The summed E-state index contributed by atoms with van der Waals surface area (Å²) in [6, 6.07) is 19.0. The van der Waals surface area contributed by atoms with Gasteiger partial charge in [-0.2, -0.15) is 0 Å². The molecule has 2 aliphatic heterocycles. The molecule has 3 atom stereocenters. The Bertz CT molecular complexity index is 965. The Kier molecular flexibility index (Phi) is 5.10. The zero-order valence-electron chi connectivity index (χ0n) is 16.8. The molecule has 4 nitrogen and oxygen atoms in total. The molecular weight excluding hydrogens is 378 g/mol. The maximum absolute atomic E-state index is 11.4. The van der Waals surface area contributed by atoms with Gasteiger partial charge in [0.15, 0.2) is 0 Å². The largest absolute Gasteiger partial charge is 0.353 e. The highest BCUT2D eigenvalue weighted by molar-refractivity contribution is 7.18. The Balaban J connectivity index is 1.22. The van der Waals surface area contributed by atoms with Crippen molar-refractivity contribution < 1.29 is 4.79 Å². The van der Waals surface area contributed by atoms with Crippen LogP contribution in [0.5, 0.6) is 0 Å². The molecule has 1 amide bonds. The molecule has 0 aliphatic carbocycles. The number of rotatable bonds is 5. The van der Waals surface area contributed by atoms with E-state index in [4.69, 9.17) is 4.98 Å². The van der Waals surface area contributed by atoms with Gasteiger partial charge in [-0.25, -0.2) is 4.98 Å². The zero-order valence-corrected chi connectivity index (χ0v) is 17.6. The van der Waals surface area contributed by atoms with Gasteiger partial charge in [0.25, 0.3) is 0 Å². The van der Waals surface area contributed by atoms with Gasteiger partial charge in [0.05, 0.1) is 15.2 Å².